The average Bonchev–Trinajstić information content (AvgIpc) is 2.72. The van der Waals surface area contributed by atoms with Gasteiger partial charge in [-0.05, 0) is 19.3 Å². The number of unbranched alkanes of at least 4 members (excludes halogenated alkanes) is 2. The Morgan fingerprint density at radius 3 is 2.87 bits per heavy atom. The number of amides is 1. The standard InChI is InChI=1S/C11H22N2O2/c1-2-3-4-7-13-11(14)10-6-5-9(8-12)15-10/h9-10H,2-8,12H2,1H3,(H,13,14). The molecule has 1 saturated heterocycles. The topological polar surface area (TPSA) is 64.4 Å². The van der Waals surface area contributed by atoms with Crippen molar-refractivity contribution in [1.29, 1.82) is 0 Å². The maximum Gasteiger partial charge on any atom is 0.249 e. The molecule has 4 nitrogen and oxygen atoms in total. The van der Waals surface area contributed by atoms with Crippen LogP contribution in [0.25, 0.3) is 0 Å². The molecular weight excluding hydrogens is 192 g/mol. The number of rotatable bonds is 6. The van der Waals surface area contributed by atoms with Crippen molar-refractivity contribution in [3.05, 3.63) is 0 Å². The molecule has 4 heteroatoms. The number of hydrogen-bond acceptors (Lipinski definition) is 3. The minimum Gasteiger partial charge on any atom is -0.364 e. The fraction of sp³-hybridized carbons (Fsp3) is 0.909. The second kappa shape index (κ2) is 6.80. The van der Waals surface area contributed by atoms with Crippen LogP contribution in [0.5, 0.6) is 0 Å². The lowest BCUT2D eigenvalue weighted by Crippen LogP contribution is -2.36. The van der Waals surface area contributed by atoms with Gasteiger partial charge >= 0.3 is 0 Å². The van der Waals surface area contributed by atoms with Crippen molar-refractivity contribution in [3.63, 3.8) is 0 Å². The Hall–Kier alpha value is -0.610. The zero-order chi connectivity index (χ0) is 11.1. The average molecular weight is 214 g/mol. The molecule has 2 atom stereocenters. The molecule has 1 rings (SSSR count). The highest BCUT2D eigenvalue weighted by molar-refractivity contribution is 5.80. The van der Waals surface area contributed by atoms with Gasteiger partial charge in [-0.25, -0.2) is 0 Å². The first-order chi connectivity index (χ1) is 7.27. The van der Waals surface area contributed by atoms with Crippen molar-refractivity contribution in [2.24, 2.45) is 5.73 Å². The van der Waals surface area contributed by atoms with E-state index >= 15 is 0 Å². The van der Waals surface area contributed by atoms with Crippen molar-refractivity contribution < 1.29 is 9.53 Å². The summed E-state index contributed by atoms with van der Waals surface area (Å²) >= 11 is 0. The molecule has 1 amide bonds. The monoisotopic (exact) mass is 214 g/mol. The van der Waals surface area contributed by atoms with E-state index in [0.29, 0.717) is 6.54 Å². The van der Waals surface area contributed by atoms with Crippen LogP contribution in [-0.2, 0) is 9.53 Å². The third kappa shape index (κ3) is 4.18. The molecule has 1 aliphatic rings. The lowest BCUT2D eigenvalue weighted by molar-refractivity contribution is -0.131. The van der Waals surface area contributed by atoms with Gasteiger partial charge in [0.1, 0.15) is 6.10 Å². The van der Waals surface area contributed by atoms with Gasteiger partial charge in [0.05, 0.1) is 6.10 Å². The Kier molecular flexibility index (Phi) is 5.65. The summed E-state index contributed by atoms with van der Waals surface area (Å²) in [6.07, 6.45) is 4.92. The smallest absolute Gasteiger partial charge is 0.249 e. The number of carbonyl (C=O) groups is 1. The highest BCUT2D eigenvalue weighted by Crippen LogP contribution is 2.18. The van der Waals surface area contributed by atoms with Crippen LogP contribution in [0.1, 0.15) is 39.0 Å². The highest BCUT2D eigenvalue weighted by Gasteiger charge is 2.29. The van der Waals surface area contributed by atoms with Gasteiger partial charge in [0, 0.05) is 13.1 Å². The second-order valence-electron chi connectivity index (χ2n) is 4.06. The van der Waals surface area contributed by atoms with Gasteiger partial charge in [-0.2, -0.15) is 0 Å². The highest BCUT2D eigenvalue weighted by atomic mass is 16.5. The van der Waals surface area contributed by atoms with E-state index in [1.807, 2.05) is 0 Å². The van der Waals surface area contributed by atoms with Gasteiger partial charge in [0.15, 0.2) is 0 Å². The van der Waals surface area contributed by atoms with E-state index in [2.05, 4.69) is 12.2 Å². The van der Waals surface area contributed by atoms with Crippen molar-refractivity contribution >= 4 is 5.91 Å². The van der Waals surface area contributed by atoms with Crippen LogP contribution >= 0.6 is 0 Å². The quantitative estimate of drug-likeness (QED) is 0.643. The number of nitrogens with two attached hydrogens (primary N) is 1. The summed E-state index contributed by atoms with van der Waals surface area (Å²) in [4.78, 5) is 11.6. The molecule has 1 fully saturated rings. The van der Waals surface area contributed by atoms with E-state index in [9.17, 15) is 4.79 Å². The van der Waals surface area contributed by atoms with Gasteiger partial charge in [0.2, 0.25) is 5.91 Å². The summed E-state index contributed by atoms with van der Waals surface area (Å²) in [5, 5.41) is 2.90. The zero-order valence-electron chi connectivity index (χ0n) is 9.50. The predicted molar refractivity (Wildman–Crippen MR) is 59.5 cm³/mol. The zero-order valence-corrected chi connectivity index (χ0v) is 9.50. The number of carbonyl (C=O) groups excluding carboxylic acids is 1. The summed E-state index contributed by atoms with van der Waals surface area (Å²) < 4.78 is 5.49. The van der Waals surface area contributed by atoms with Crippen LogP contribution in [0, 0.1) is 0 Å². The third-order valence-corrected chi connectivity index (χ3v) is 2.74. The summed E-state index contributed by atoms with van der Waals surface area (Å²) in [6, 6.07) is 0. The molecule has 0 saturated carbocycles. The van der Waals surface area contributed by atoms with Crippen LogP contribution in [0.3, 0.4) is 0 Å². The maximum atomic E-state index is 11.6. The Labute approximate surface area is 91.5 Å². The summed E-state index contributed by atoms with van der Waals surface area (Å²) in [5.41, 5.74) is 5.48. The molecular formula is C11H22N2O2. The molecule has 3 N–H and O–H groups in total. The molecule has 0 aliphatic carbocycles. The van der Waals surface area contributed by atoms with Gasteiger partial charge < -0.3 is 15.8 Å². The van der Waals surface area contributed by atoms with Gasteiger partial charge in [-0.3, -0.25) is 4.79 Å². The second-order valence-corrected chi connectivity index (χ2v) is 4.06. The van der Waals surface area contributed by atoms with Crippen LogP contribution in [0.2, 0.25) is 0 Å². The summed E-state index contributed by atoms with van der Waals surface area (Å²) in [5.74, 6) is 0.0297. The Balaban J connectivity index is 2.12. The van der Waals surface area contributed by atoms with Crippen LogP contribution in [0.4, 0.5) is 0 Å². The molecule has 1 aliphatic heterocycles. The summed E-state index contributed by atoms with van der Waals surface area (Å²) in [7, 11) is 0. The molecule has 0 aromatic rings. The normalized spacial score (nSPS) is 25.5. The van der Waals surface area contributed by atoms with E-state index < -0.39 is 0 Å². The SMILES string of the molecule is CCCCCNC(=O)C1CCC(CN)O1. The van der Waals surface area contributed by atoms with Crippen LogP contribution in [-0.4, -0.2) is 31.2 Å². The van der Waals surface area contributed by atoms with E-state index in [-0.39, 0.29) is 18.1 Å². The number of ether oxygens (including phenoxy) is 1. The van der Waals surface area contributed by atoms with Crippen molar-refractivity contribution in [3.8, 4) is 0 Å². The van der Waals surface area contributed by atoms with E-state index in [4.69, 9.17) is 10.5 Å². The van der Waals surface area contributed by atoms with Gasteiger partial charge in [-0.15, -0.1) is 0 Å². The maximum absolute atomic E-state index is 11.6. The molecule has 0 aromatic carbocycles. The number of hydrogen-bond donors (Lipinski definition) is 2. The molecule has 1 heterocycles. The first-order valence-electron chi connectivity index (χ1n) is 5.91. The molecule has 88 valence electrons. The Morgan fingerprint density at radius 2 is 2.27 bits per heavy atom. The minimum atomic E-state index is -0.264. The lowest BCUT2D eigenvalue weighted by atomic mass is 10.2. The molecule has 0 spiro atoms. The Bertz CT molecular complexity index is 197. The third-order valence-electron chi connectivity index (χ3n) is 2.74. The minimum absolute atomic E-state index is 0.0297. The summed E-state index contributed by atoms with van der Waals surface area (Å²) in [6.45, 7) is 3.42. The van der Waals surface area contributed by atoms with Crippen LogP contribution < -0.4 is 11.1 Å². The van der Waals surface area contributed by atoms with Crippen LogP contribution in [0.15, 0.2) is 0 Å². The first kappa shape index (κ1) is 12.5. The Morgan fingerprint density at radius 1 is 1.47 bits per heavy atom. The van der Waals surface area contributed by atoms with E-state index in [1.165, 1.54) is 6.42 Å². The van der Waals surface area contributed by atoms with E-state index in [1.54, 1.807) is 0 Å². The molecule has 0 bridgehead atoms. The predicted octanol–water partition coefficient (Wildman–Crippen LogP) is 0.799. The molecule has 15 heavy (non-hydrogen) atoms. The first-order valence-corrected chi connectivity index (χ1v) is 5.91. The fourth-order valence-electron chi connectivity index (χ4n) is 1.77. The van der Waals surface area contributed by atoms with Crippen molar-refractivity contribution in [2.75, 3.05) is 13.1 Å². The van der Waals surface area contributed by atoms with Crippen molar-refractivity contribution in [1.82, 2.24) is 5.32 Å². The van der Waals surface area contributed by atoms with E-state index in [0.717, 1.165) is 32.2 Å². The molecule has 2 unspecified atom stereocenters. The molecule has 0 aromatic heterocycles. The van der Waals surface area contributed by atoms with Gasteiger partial charge in [0.25, 0.3) is 0 Å². The molecule has 0 radical (unpaired) electrons. The lowest BCUT2D eigenvalue weighted by Gasteiger charge is -2.12. The largest absolute Gasteiger partial charge is 0.364 e. The fourth-order valence-corrected chi connectivity index (χ4v) is 1.77. The van der Waals surface area contributed by atoms with Gasteiger partial charge in [-0.1, -0.05) is 19.8 Å². The van der Waals surface area contributed by atoms with Crippen molar-refractivity contribution in [2.45, 2.75) is 51.2 Å². The number of nitrogens with one attached hydrogen (secondary N) is 1.